The van der Waals surface area contributed by atoms with Gasteiger partial charge in [0.15, 0.2) is 0 Å². The number of alkyl halides is 2. The van der Waals surface area contributed by atoms with Gasteiger partial charge in [0.25, 0.3) is 0 Å². The van der Waals surface area contributed by atoms with Gasteiger partial charge in [0.2, 0.25) is 0 Å². The van der Waals surface area contributed by atoms with E-state index < -0.39 is 0 Å². The summed E-state index contributed by atoms with van der Waals surface area (Å²) in [4.78, 5) is 0. The van der Waals surface area contributed by atoms with Gasteiger partial charge in [0.1, 0.15) is 0 Å². The molecule has 8 fully saturated rings. The van der Waals surface area contributed by atoms with Crippen LogP contribution in [0.3, 0.4) is 0 Å². The molecule has 0 N–H and O–H groups in total. The molecule has 0 aromatic heterocycles. The summed E-state index contributed by atoms with van der Waals surface area (Å²) in [7, 11) is 0. The molecule has 8 rings (SSSR count). The van der Waals surface area contributed by atoms with Gasteiger partial charge in [0, 0.05) is 10.7 Å². The van der Waals surface area contributed by atoms with Crippen molar-refractivity contribution >= 4 is 31.9 Å². The Kier molecular flexibility index (Phi) is 10.5. The van der Waals surface area contributed by atoms with Gasteiger partial charge in [-0.3, -0.25) is 0 Å². The van der Waals surface area contributed by atoms with E-state index in [0.29, 0.717) is 0 Å². The highest BCUT2D eigenvalue weighted by Gasteiger charge is 2.68. The van der Waals surface area contributed by atoms with E-state index in [9.17, 15) is 0 Å². The van der Waals surface area contributed by atoms with Crippen LogP contribution in [0.4, 0.5) is 0 Å². The maximum atomic E-state index is 3.86. The molecule has 8 saturated carbocycles. The van der Waals surface area contributed by atoms with Gasteiger partial charge in [-0.05, 0) is 195 Å². The van der Waals surface area contributed by atoms with Crippen molar-refractivity contribution in [3.8, 4) is 0 Å². The topological polar surface area (TPSA) is 0 Å². The average molecular weight is 761 g/mol. The van der Waals surface area contributed by atoms with Crippen molar-refractivity contribution < 1.29 is 0 Å². The first-order valence-electron chi connectivity index (χ1n) is 21.6. The second-order valence-corrected chi connectivity index (χ2v) is 21.3. The summed E-state index contributed by atoms with van der Waals surface area (Å²) in [6.07, 6.45) is 27.9. The third-order valence-electron chi connectivity index (χ3n) is 18.4. The fourth-order valence-electron chi connectivity index (χ4n) is 17.3. The Labute approximate surface area is 302 Å². The summed E-state index contributed by atoms with van der Waals surface area (Å²) in [6, 6.07) is 0. The molecule has 8 aliphatic rings. The van der Waals surface area contributed by atoms with Crippen molar-refractivity contribution in [2.75, 3.05) is 10.7 Å². The normalized spacial score (nSPS) is 54.7. The zero-order valence-corrected chi connectivity index (χ0v) is 33.6. The van der Waals surface area contributed by atoms with Gasteiger partial charge in [-0.25, -0.2) is 0 Å². The highest BCUT2D eigenvalue weighted by Crippen LogP contribution is 2.75. The predicted octanol–water partition coefficient (Wildman–Crippen LogP) is 13.3. The highest BCUT2D eigenvalue weighted by atomic mass is 79.9. The van der Waals surface area contributed by atoms with E-state index >= 15 is 0 Å². The van der Waals surface area contributed by atoms with Gasteiger partial charge in [-0.1, -0.05) is 98.1 Å². The number of rotatable bonds is 15. The molecule has 262 valence electrons. The van der Waals surface area contributed by atoms with E-state index in [1.807, 2.05) is 0 Å². The number of hydrogen-bond donors (Lipinski definition) is 0. The van der Waals surface area contributed by atoms with Crippen LogP contribution in [-0.2, 0) is 0 Å². The predicted molar refractivity (Wildman–Crippen MR) is 203 cm³/mol. The molecule has 0 aliphatic heterocycles. The lowest BCUT2D eigenvalue weighted by molar-refractivity contribution is -0.0604. The quantitative estimate of drug-likeness (QED) is 0.146. The molecule has 0 amide bonds. The fourth-order valence-corrected chi connectivity index (χ4v) is 18.0. The van der Waals surface area contributed by atoms with E-state index in [2.05, 4.69) is 59.6 Å². The molecule has 20 unspecified atom stereocenters. The molecule has 0 radical (unpaired) electrons. The Balaban J connectivity index is 1.13. The van der Waals surface area contributed by atoms with Crippen LogP contribution in [0.15, 0.2) is 0 Å². The van der Waals surface area contributed by atoms with Crippen LogP contribution in [0.5, 0.6) is 0 Å². The Morgan fingerprint density at radius 1 is 0.391 bits per heavy atom. The van der Waals surface area contributed by atoms with E-state index in [-0.39, 0.29) is 0 Å². The molecule has 2 heteroatoms. The molecular weight excluding hydrogens is 688 g/mol. The molecule has 0 spiro atoms. The number of halogens is 2. The Morgan fingerprint density at radius 2 is 0.783 bits per heavy atom. The van der Waals surface area contributed by atoms with Gasteiger partial charge in [0.05, 0.1) is 0 Å². The zero-order valence-electron chi connectivity index (χ0n) is 30.4. The van der Waals surface area contributed by atoms with Gasteiger partial charge < -0.3 is 0 Å². The maximum Gasteiger partial charge on any atom is 0.00314 e. The van der Waals surface area contributed by atoms with E-state index in [0.717, 1.165) is 118 Å². The van der Waals surface area contributed by atoms with Crippen LogP contribution in [0.2, 0.25) is 0 Å². The molecule has 8 aliphatic carbocycles. The average Bonchev–Trinajstić information content (AvgIpc) is 3.92. The molecule has 0 aromatic rings. The lowest BCUT2D eigenvalue weighted by Gasteiger charge is -2.54. The summed E-state index contributed by atoms with van der Waals surface area (Å²) in [5, 5.41) is 2.45. The standard InChI is InChI=1S/C44H72Br2/c1-5-7-11-28-17-31-21-36(28)40(25(31)3)41-33-20-30(14-10-16-46)38(23-33)44(41)42-34-19-29(12-8-6-2)37(24-34)43(42)39-26(4)35-22-32(39)18-27(35)13-9-15-45/h25-44H,5-24H2,1-4H3. The first kappa shape index (κ1) is 34.1. The molecule has 0 aromatic carbocycles. The Bertz CT molecular complexity index is 1020. The molecule has 20 atom stereocenters. The van der Waals surface area contributed by atoms with Crippen molar-refractivity contribution in [2.24, 2.45) is 118 Å². The van der Waals surface area contributed by atoms with Gasteiger partial charge in [-0.2, -0.15) is 0 Å². The molecular formula is C44H72Br2. The van der Waals surface area contributed by atoms with Gasteiger partial charge >= 0.3 is 0 Å². The van der Waals surface area contributed by atoms with Crippen molar-refractivity contribution in [3.63, 3.8) is 0 Å². The minimum atomic E-state index is 1.01. The Hall–Kier alpha value is 0.960. The Morgan fingerprint density at radius 3 is 1.28 bits per heavy atom. The smallest absolute Gasteiger partial charge is 0.00314 e. The SMILES string of the molecule is CCCCC1CC2CC1C(C1C3CC(CCCBr)C(C3)C1C1C3CC(CCCC)C(C3)C1C1C3CC(CCCBr)C(C3)C1C)C2C. The van der Waals surface area contributed by atoms with E-state index in [1.165, 1.54) is 62.0 Å². The van der Waals surface area contributed by atoms with Crippen LogP contribution < -0.4 is 0 Å². The first-order chi connectivity index (χ1) is 22.5. The number of unbranched alkanes of at least 4 members (excludes halogenated alkanes) is 2. The van der Waals surface area contributed by atoms with Crippen molar-refractivity contribution in [2.45, 2.75) is 143 Å². The highest BCUT2D eigenvalue weighted by molar-refractivity contribution is 9.09. The zero-order chi connectivity index (χ0) is 31.7. The number of fused-ring (bicyclic) bond motifs is 8. The van der Waals surface area contributed by atoms with Crippen LogP contribution in [-0.4, -0.2) is 10.7 Å². The van der Waals surface area contributed by atoms with Crippen molar-refractivity contribution in [3.05, 3.63) is 0 Å². The summed E-state index contributed by atoms with van der Waals surface area (Å²) < 4.78 is 0. The molecule has 46 heavy (non-hydrogen) atoms. The van der Waals surface area contributed by atoms with Crippen LogP contribution >= 0.6 is 31.9 Å². The summed E-state index contributed by atoms with van der Waals surface area (Å²) in [5.41, 5.74) is 0. The van der Waals surface area contributed by atoms with E-state index in [1.54, 1.807) is 64.2 Å². The molecule has 8 bridgehead atoms. The first-order valence-corrected chi connectivity index (χ1v) is 23.8. The molecule has 0 saturated heterocycles. The largest absolute Gasteiger partial charge is 0.0928 e. The minimum Gasteiger partial charge on any atom is -0.0928 e. The monoisotopic (exact) mass is 758 g/mol. The van der Waals surface area contributed by atoms with Crippen LogP contribution in [0, 0.1) is 118 Å². The van der Waals surface area contributed by atoms with Crippen LogP contribution in [0.1, 0.15) is 143 Å². The lowest BCUT2D eigenvalue weighted by atomic mass is 9.51. The number of hydrogen-bond acceptors (Lipinski definition) is 0. The van der Waals surface area contributed by atoms with Crippen molar-refractivity contribution in [1.82, 2.24) is 0 Å². The molecule has 0 nitrogen and oxygen atoms in total. The summed E-state index contributed by atoms with van der Waals surface area (Å²) >= 11 is 7.65. The third kappa shape index (κ3) is 5.56. The van der Waals surface area contributed by atoms with Gasteiger partial charge in [-0.15, -0.1) is 0 Å². The minimum absolute atomic E-state index is 1.01. The fraction of sp³-hybridized carbons (Fsp3) is 1.00. The maximum absolute atomic E-state index is 3.86. The van der Waals surface area contributed by atoms with E-state index in [4.69, 9.17) is 0 Å². The third-order valence-corrected chi connectivity index (χ3v) is 19.5. The van der Waals surface area contributed by atoms with Crippen molar-refractivity contribution in [1.29, 1.82) is 0 Å². The second-order valence-electron chi connectivity index (χ2n) is 19.8. The second kappa shape index (κ2) is 14.2. The van der Waals surface area contributed by atoms with Crippen LogP contribution in [0.25, 0.3) is 0 Å². The summed E-state index contributed by atoms with van der Waals surface area (Å²) in [5.74, 6) is 21.7. The lowest BCUT2D eigenvalue weighted by Crippen LogP contribution is -2.49. The summed E-state index contributed by atoms with van der Waals surface area (Å²) in [6.45, 7) is 10.5. The molecule has 0 heterocycles.